The predicted molar refractivity (Wildman–Crippen MR) is 111 cm³/mol. The van der Waals surface area contributed by atoms with Crippen LogP contribution in [-0.4, -0.2) is 18.7 Å². The van der Waals surface area contributed by atoms with Crippen LogP contribution >= 0.6 is 7.92 Å². The van der Waals surface area contributed by atoms with Crippen LogP contribution in [0, 0.1) is 0 Å². The Morgan fingerprint density at radius 1 is 0.692 bits per heavy atom. The van der Waals surface area contributed by atoms with Gasteiger partial charge in [-0.1, -0.05) is 61.5 Å². The molecule has 0 atom stereocenters. The first kappa shape index (κ1) is 20.3. The first-order valence-electron chi connectivity index (χ1n) is 8.48. The summed E-state index contributed by atoms with van der Waals surface area (Å²) >= 11 is 0. The van der Waals surface area contributed by atoms with Crippen molar-refractivity contribution in [2.24, 2.45) is 0 Å². The minimum absolute atomic E-state index is 0.243. The lowest BCUT2D eigenvalue weighted by molar-refractivity contribution is 0.462. The molecule has 0 spiro atoms. The van der Waals surface area contributed by atoms with Gasteiger partial charge in [0.1, 0.15) is 15.9 Å². The molecule has 0 bridgehead atoms. The Morgan fingerprint density at radius 2 is 1.00 bits per heavy atom. The van der Waals surface area contributed by atoms with E-state index >= 15 is 0 Å². The van der Waals surface area contributed by atoms with Gasteiger partial charge >= 0.3 is 0 Å². The van der Waals surface area contributed by atoms with Crippen molar-refractivity contribution in [2.75, 3.05) is 5.75 Å². The molecule has 0 heterocycles. The van der Waals surface area contributed by atoms with Crippen molar-refractivity contribution in [3.63, 3.8) is 0 Å². The molecule has 5 heteroatoms. The second-order valence-electron chi connectivity index (χ2n) is 5.73. The molecule has 3 aromatic rings. The second kappa shape index (κ2) is 10.2. The third-order valence-corrected chi connectivity index (χ3v) is 7.28. The van der Waals surface area contributed by atoms with Crippen molar-refractivity contribution in [3.05, 3.63) is 91.0 Å². The van der Waals surface area contributed by atoms with Gasteiger partial charge in [0, 0.05) is 5.75 Å². The van der Waals surface area contributed by atoms with Crippen molar-refractivity contribution in [1.82, 2.24) is 0 Å². The van der Waals surface area contributed by atoms with Gasteiger partial charge in [-0.25, -0.2) is 8.42 Å². The highest BCUT2D eigenvalue weighted by Gasteiger charge is 2.24. The highest BCUT2D eigenvalue weighted by molar-refractivity contribution is 7.85. The second-order valence-corrected chi connectivity index (χ2v) is 9.74. The van der Waals surface area contributed by atoms with E-state index in [0.29, 0.717) is 6.42 Å². The van der Waals surface area contributed by atoms with E-state index in [1.807, 2.05) is 0 Å². The van der Waals surface area contributed by atoms with E-state index in [1.54, 1.807) is 6.92 Å². The van der Waals surface area contributed by atoms with Crippen molar-refractivity contribution < 1.29 is 13.0 Å². The van der Waals surface area contributed by atoms with Gasteiger partial charge < -0.3 is 4.55 Å². The average molecular weight is 386 g/mol. The first-order valence-corrected chi connectivity index (χ1v) is 11.6. The number of hydrogen-bond acceptors (Lipinski definition) is 3. The molecule has 0 fully saturated rings. The summed E-state index contributed by atoms with van der Waals surface area (Å²) < 4.78 is 29.0. The van der Waals surface area contributed by atoms with Crippen LogP contribution in [0.3, 0.4) is 0 Å². The fourth-order valence-electron chi connectivity index (χ4n) is 2.56. The topological polar surface area (TPSA) is 57.2 Å². The van der Waals surface area contributed by atoms with E-state index in [4.69, 9.17) is 0 Å². The lowest BCUT2D eigenvalue weighted by Gasteiger charge is -2.10. The van der Waals surface area contributed by atoms with Crippen LogP contribution in [0.25, 0.3) is 0 Å². The van der Waals surface area contributed by atoms with Crippen LogP contribution in [0.2, 0.25) is 0 Å². The molecule has 0 aliphatic heterocycles. The van der Waals surface area contributed by atoms with Crippen molar-refractivity contribution in [1.29, 1.82) is 0 Å². The zero-order chi connectivity index (χ0) is 18.8. The molecule has 26 heavy (non-hydrogen) atoms. The molecule has 0 amide bonds. The zero-order valence-electron chi connectivity index (χ0n) is 14.7. The Kier molecular flexibility index (Phi) is 7.99. The van der Waals surface area contributed by atoms with Gasteiger partial charge in [0.2, 0.25) is 0 Å². The van der Waals surface area contributed by atoms with Crippen LogP contribution in [-0.2, 0) is 10.1 Å². The minimum Gasteiger partial charge on any atom is -0.748 e. The predicted octanol–water partition coefficient (Wildman–Crippen LogP) is 3.12. The van der Waals surface area contributed by atoms with Gasteiger partial charge in [-0.05, 0) is 42.8 Å². The van der Waals surface area contributed by atoms with Gasteiger partial charge in [0.05, 0.1) is 18.0 Å². The third-order valence-electron chi connectivity index (χ3n) is 3.64. The van der Waals surface area contributed by atoms with E-state index in [-0.39, 0.29) is 5.75 Å². The summed E-state index contributed by atoms with van der Waals surface area (Å²) in [5.41, 5.74) is 0. The van der Waals surface area contributed by atoms with E-state index in [1.165, 1.54) is 15.9 Å². The summed E-state index contributed by atoms with van der Waals surface area (Å²) in [5.74, 6) is -0.243. The van der Waals surface area contributed by atoms with Crippen molar-refractivity contribution >= 4 is 34.0 Å². The number of benzene rings is 3. The fraction of sp³-hybridized carbons (Fsp3) is 0.143. The van der Waals surface area contributed by atoms with Gasteiger partial charge in [-0.2, -0.15) is 0 Å². The lowest BCUT2D eigenvalue weighted by Crippen LogP contribution is -2.20. The normalized spacial score (nSPS) is 10.9. The third kappa shape index (κ3) is 6.72. The molecule has 0 N–H and O–H groups in total. The summed E-state index contributed by atoms with van der Waals surface area (Å²) in [6, 6.07) is 32.5. The highest BCUT2D eigenvalue weighted by Crippen LogP contribution is 2.32. The first-order chi connectivity index (χ1) is 12.5. The van der Waals surface area contributed by atoms with Crippen LogP contribution in [0.15, 0.2) is 91.0 Å². The molecule has 0 radical (unpaired) electrons. The number of rotatable bonds is 5. The Hall–Kier alpha value is -2.00. The molecule has 0 aliphatic carbocycles. The highest BCUT2D eigenvalue weighted by atomic mass is 32.2. The summed E-state index contributed by atoms with van der Waals surface area (Å²) in [6.07, 6.45) is 0.409. The fourth-order valence-corrected chi connectivity index (χ4v) is 5.64. The Bertz CT molecular complexity index is 773. The molecule has 3 rings (SSSR count). The maximum atomic E-state index is 9.68. The van der Waals surface area contributed by atoms with Crippen molar-refractivity contribution in [3.8, 4) is 0 Å². The van der Waals surface area contributed by atoms with Gasteiger partial charge in [-0.3, -0.25) is 0 Å². The van der Waals surface area contributed by atoms with E-state index in [9.17, 15) is 13.0 Å². The Labute approximate surface area is 157 Å². The molecule has 136 valence electrons. The lowest BCUT2D eigenvalue weighted by atomic mass is 10.4. The van der Waals surface area contributed by atoms with Crippen LogP contribution in [0.4, 0.5) is 0 Å². The molecule has 0 aromatic heterocycles. The van der Waals surface area contributed by atoms with E-state index in [2.05, 4.69) is 91.0 Å². The smallest absolute Gasteiger partial charge is 0.102 e. The van der Waals surface area contributed by atoms with Crippen LogP contribution in [0.1, 0.15) is 13.3 Å². The van der Waals surface area contributed by atoms with Gasteiger partial charge in [-0.15, -0.1) is 0 Å². The maximum Gasteiger partial charge on any atom is 0.102 e. The summed E-state index contributed by atoms with van der Waals surface area (Å²) in [6.45, 7) is 1.65. The molecule has 3 aromatic carbocycles. The molecule has 3 nitrogen and oxygen atoms in total. The van der Waals surface area contributed by atoms with Crippen LogP contribution in [0.5, 0.6) is 0 Å². The minimum atomic E-state index is -3.92. The quantitative estimate of drug-likeness (QED) is 0.500. The SMILES string of the molecule is CCCS(=O)(=O)[O-].c1ccc([PH+](c2ccccc2)c2ccccc2)cc1. The van der Waals surface area contributed by atoms with Crippen molar-refractivity contribution in [2.45, 2.75) is 13.3 Å². The summed E-state index contributed by atoms with van der Waals surface area (Å²) in [5, 5.41) is 4.31. The molecule has 0 saturated carbocycles. The standard InChI is InChI=1S/C18H15P.C3H8O3S/c1-4-10-16(11-5-1)19(17-12-6-2-7-13-17)18-14-8-3-9-15-18;1-2-3-7(4,5)6/h1-15H;2-3H2,1H3,(H,4,5,6). The zero-order valence-corrected chi connectivity index (χ0v) is 16.5. The number of hydrogen-bond donors (Lipinski definition) is 0. The molecule has 0 unspecified atom stereocenters. The largest absolute Gasteiger partial charge is 0.748 e. The maximum absolute atomic E-state index is 9.68. The summed E-state index contributed by atoms with van der Waals surface area (Å²) in [7, 11) is -4.80. The van der Waals surface area contributed by atoms with E-state index < -0.39 is 18.0 Å². The summed E-state index contributed by atoms with van der Waals surface area (Å²) in [4.78, 5) is 0. The van der Waals surface area contributed by atoms with Crippen LogP contribution < -0.4 is 15.9 Å². The molecular weight excluding hydrogens is 363 g/mol. The molecule has 0 saturated heterocycles. The molecule has 0 aliphatic rings. The van der Waals surface area contributed by atoms with Gasteiger partial charge in [0.15, 0.2) is 0 Å². The Morgan fingerprint density at radius 3 is 1.19 bits per heavy atom. The average Bonchev–Trinajstić information content (AvgIpc) is 2.64. The van der Waals surface area contributed by atoms with E-state index in [0.717, 1.165) is 0 Å². The monoisotopic (exact) mass is 386 g/mol. The Balaban J connectivity index is 0.000000298. The van der Waals surface area contributed by atoms with Gasteiger partial charge in [0.25, 0.3) is 0 Å². The molecular formula is C21H23O3PS.